The standard InChI is InChI=1S/C22H16F3NO2/c23-22(24,25)17-10-3-1-6-13(17)12-14-7-5-9-16-19(21(27)28)15-8-2-4-11-18(15)26-20(14)16/h1-4,6,8,10-12H,5,7,9H2,(H,27,28). The van der Waals surface area contributed by atoms with E-state index in [0.29, 0.717) is 47.0 Å². The molecule has 1 aliphatic rings. The highest BCUT2D eigenvalue weighted by Gasteiger charge is 2.33. The Hall–Kier alpha value is -3.15. The Bertz CT molecular complexity index is 1120. The fourth-order valence-electron chi connectivity index (χ4n) is 3.79. The third kappa shape index (κ3) is 3.15. The maximum absolute atomic E-state index is 13.4. The van der Waals surface area contributed by atoms with Gasteiger partial charge >= 0.3 is 12.1 Å². The number of pyridine rings is 1. The molecule has 0 amide bonds. The van der Waals surface area contributed by atoms with Gasteiger partial charge in [-0.15, -0.1) is 0 Å². The zero-order valence-electron chi connectivity index (χ0n) is 14.8. The summed E-state index contributed by atoms with van der Waals surface area (Å²) in [6.07, 6.45) is -1.23. The zero-order valence-corrected chi connectivity index (χ0v) is 14.8. The van der Waals surface area contributed by atoms with E-state index in [1.54, 1.807) is 30.3 Å². The zero-order chi connectivity index (χ0) is 19.9. The number of rotatable bonds is 2. The van der Waals surface area contributed by atoms with Gasteiger partial charge in [0, 0.05) is 5.39 Å². The van der Waals surface area contributed by atoms with Crippen LogP contribution < -0.4 is 0 Å². The molecule has 0 spiro atoms. The summed E-state index contributed by atoms with van der Waals surface area (Å²) in [4.78, 5) is 16.6. The smallest absolute Gasteiger partial charge is 0.416 e. The lowest BCUT2D eigenvalue weighted by Gasteiger charge is -2.22. The van der Waals surface area contributed by atoms with E-state index in [1.165, 1.54) is 18.2 Å². The highest BCUT2D eigenvalue weighted by Crippen LogP contribution is 2.38. The fraction of sp³-hybridized carbons (Fsp3) is 0.182. The summed E-state index contributed by atoms with van der Waals surface area (Å²) in [6, 6.07) is 12.3. The molecule has 0 bridgehead atoms. The fourth-order valence-corrected chi connectivity index (χ4v) is 3.79. The van der Waals surface area contributed by atoms with Crippen molar-refractivity contribution in [1.29, 1.82) is 0 Å². The Morgan fingerprint density at radius 3 is 2.50 bits per heavy atom. The van der Waals surface area contributed by atoms with Crippen LogP contribution in [-0.4, -0.2) is 16.1 Å². The molecule has 0 unspecified atom stereocenters. The van der Waals surface area contributed by atoms with Crippen molar-refractivity contribution < 1.29 is 23.1 Å². The Morgan fingerprint density at radius 1 is 1.04 bits per heavy atom. The van der Waals surface area contributed by atoms with Gasteiger partial charge in [0.2, 0.25) is 0 Å². The van der Waals surface area contributed by atoms with Crippen LogP contribution in [0.3, 0.4) is 0 Å². The van der Waals surface area contributed by atoms with Crippen molar-refractivity contribution in [3.8, 4) is 0 Å². The number of allylic oxidation sites excluding steroid dienone is 1. The molecular weight excluding hydrogens is 367 g/mol. The van der Waals surface area contributed by atoms with E-state index in [-0.39, 0.29) is 11.1 Å². The number of nitrogens with zero attached hydrogens (tertiary/aromatic N) is 1. The number of hydrogen-bond donors (Lipinski definition) is 1. The molecule has 1 heterocycles. The van der Waals surface area contributed by atoms with E-state index in [4.69, 9.17) is 0 Å². The predicted molar refractivity (Wildman–Crippen MR) is 101 cm³/mol. The van der Waals surface area contributed by atoms with E-state index in [9.17, 15) is 23.1 Å². The molecule has 0 atom stereocenters. The van der Waals surface area contributed by atoms with Crippen molar-refractivity contribution >= 4 is 28.5 Å². The Morgan fingerprint density at radius 2 is 1.75 bits per heavy atom. The normalized spacial score (nSPS) is 15.6. The van der Waals surface area contributed by atoms with Crippen LogP contribution in [0.25, 0.3) is 22.6 Å². The van der Waals surface area contributed by atoms with Crippen molar-refractivity contribution in [2.45, 2.75) is 25.4 Å². The van der Waals surface area contributed by atoms with Crippen molar-refractivity contribution in [1.82, 2.24) is 4.98 Å². The minimum atomic E-state index is -4.46. The minimum Gasteiger partial charge on any atom is -0.478 e. The molecule has 4 rings (SSSR count). The number of benzene rings is 2. The van der Waals surface area contributed by atoms with Crippen molar-refractivity contribution in [2.24, 2.45) is 0 Å². The quantitative estimate of drug-likeness (QED) is 0.606. The third-order valence-corrected chi connectivity index (χ3v) is 4.98. The SMILES string of the molecule is O=C(O)c1c2c(nc3ccccc13)C(=Cc1ccccc1C(F)(F)F)CCC2. The van der Waals surface area contributed by atoms with Gasteiger partial charge in [0.15, 0.2) is 0 Å². The lowest BCUT2D eigenvalue weighted by molar-refractivity contribution is -0.137. The average molecular weight is 383 g/mol. The maximum Gasteiger partial charge on any atom is 0.416 e. The summed E-state index contributed by atoms with van der Waals surface area (Å²) >= 11 is 0. The molecular formula is C22H16F3NO2. The van der Waals surface area contributed by atoms with Gasteiger partial charge in [0.05, 0.1) is 22.3 Å². The van der Waals surface area contributed by atoms with Crippen LogP contribution in [0.5, 0.6) is 0 Å². The largest absolute Gasteiger partial charge is 0.478 e. The highest BCUT2D eigenvalue weighted by molar-refractivity contribution is 6.05. The third-order valence-electron chi connectivity index (χ3n) is 4.98. The maximum atomic E-state index is 13.4. The van der Waals surface area contributed by atoms with Crippen molar-refractivity contribution in [2.75, 3.05) is 0 Å². The molecule has 0 radical (unpaired) electrons. The number of carboxylic acid groups (broad SMARTS) is 1. The van der Waals surface area contributed by atoms with Crippen LogP contribution in [0.2, 0.25) is 0 Å². The number of para-hydroxylation sites is 1. The van der Waals surface area contributed by atoms with Crippen LogP contribution in [0.1, 0.15) is 45.6 Å². The second kappa shape index (κ2) is 6.78. The Kier molecular flexibility index (Phi) is 4.41. The summed E-state index contributed by atoms with van der Waals surface area (Å²) in [5.74, 6) is -1.05. The van der Waals surface area contributed by atoms with Crippen LogP contribution in [0.4, 0.5) is 13.2 Å². The van der Waals surface area contributed by atoms with Gasteiger partial charge in [0.1, 0.15) is 0 Å². The van der Waals surface area contributed by atoms with Crippen LogP contribution >= 0.6 is 0 Å². The molecule has 0 saturated heterocycles. The number of hydrogen-bond acceptors (Lipinski definition) is 2. The summed E-state index contributed by atoms with van der Waals surface area (Å²) in [7, 11) is 0. The number of aromatic nitrogens is 1. The van der Waals surface area contributed by atoms with Gasteiger partial charge in [-0.3, -0.25) is 0 Å². The predicted octanol–water partition coefficient (Wildman–Crippen LogP) is 5.83. The van der Waals surface area contributed by atoms with Gasteiger partial charge in [-0.1, -0.05) is 36.4 Å². The molecule has 3 aromatic rings. The Labute approximate surface area is 159 Å². The molecule has 1 aromatic heterocycles. The molecule has 28 heavy (non-hydrogen) atoms. The summed E-state index contributed by atoms with van der Waals surface area (Å²) < 4.78 is 40.1. The monoisotopic (exact) mass is 383 g/mol. The van der Waals surface area contributed by atoms with Gasteiger partial charge in [0.25, 0.3) is 0 Å². The van der Waals surface area contributed by atoms with E-state index >= 15 is 0 Å². The number of carboxylic acids is 1. The lowest BCUT2D eigenvalue weighted by atomic mass is 9.85. The summed E-state index contributed by atoms with van der Waals surface area (Å²) in [6.45, 7) is 0. The molecule has 142 valence electrons. The van der Waals surface area contributed by atoms with E-state index in [2.05, 4.69) is 4.98 Å². The van der Waals surface area contributed by atoms with Gasteiger partial charge in [-0.25, -0.2) is 9.78 Å². The van der Waals surface area contributed by atoms with E-state index < -0.39 is 17.7 Å². The first-order valence-electron chi connectivity index (χ1n) is 8.88. The number of alkyl halides is 3. The molecule has 6 heteroatoms. The van der Waals surface area contributed by atoms with Crippen LogP contribution in [-0.2, 0) is 12.6 Å². The second-order valence-electron chi connectivity index (χ2n) is 6.74. The molecule has 3 nitrogen and oxygen atoms in total. The number of fused-ring (bicyclic) bond motifs is 2. The highest BCUT2D eigenvalue weighted by atomic mass is 19.4. The van der Waals surface area contributed by atoms with Crippen molar-refractivity contribution in [3.63, 3.8) is 0 Å². The molecule has 1 N–H and O–H groups in total. The molecule has 0 fully saturated rings. The number of halogens is 3. The number of aromatic carboxylic acids is 1. The molecule has 0 saturated carbocycles. The molecule has 1 aliphatic carbocycles. The van der Waals surface area contributed by atoms with Crippen molar-refractivity contribution in [3.05, 3.63) is 76.5 Å². The van der Waals surface area contributed by atoms with Crippen LogP contribution in [0.15, 0.2) is 48.5 Å². The first-order chi connectivity index (χ1) is 13.4. The first-order valence-corrected chi connectivity index (χ1v) is 8.88. The van der Waals surface area contributed by atoms with Gasteiger partial charge < -0.3 is 5.11 Å². The molecule has 2 aromatic carbocycles. The summed E-state index contributed by atoms with van der Waals surface area (Å²) in [5.41, 5.74) is 1.77. The topological polar surface area (TPSA) is 50.2 Å². The lowest BCUT2D eigenvalue weighted by Crippen LogP contribution is -2.13. The Balaban J connectivity index is 1.96. The van der Waals surface area contributed by atoms with E-state index in [1.807, 2.05) is 0 Å². The van der Waals surface area contributed by atoms with Gasteiger partial charge in [-0.05, 0) is 54.2 Å². The average Bonchev–Trinajstić information content (AvgIpc) is 2.66. The van der Waals surface area contributed by atoms with Gasteiger partial charge in [-0.2, -0.15) is 13.2 Å². The van der Waals surface area contributed by atoms with Crippen LogP contribution in [0, 0.1) is 0 Å². The summed E-state index contributed by atoms with van der Waals surface area (Å²) in [5, 5.41) is 10.3. The molecule has 0 aliphatic heterocycles. The second-order valence-corrected chi connectivity index (χ2v) is 6.74. The first kappa shape index (κ1) is 18.2. The minimum absolute atomic E-state index is 0.0599. The van der Waals surface area contributed by atoms with E-state index in [0.717, 1.165) is 6.07 Å². The number of carbonyl (C=O) groups is 1.